The molecule has 3 rings (SSSR count). The van der Waals surface area contributed by atoms with E-state index in [4.69, 9.17) is 0 Å². The predicted octanol–water partition coefficient (Wildman–Crippen LogP) is 3.17. The first-order valence-electron chi connectivity index (χ1n) is 8.35. The number of rotatable bonds is 3. The van der Waals surface area contributed by atoms with Gasteiger partial charge in [0, 0.05) is 24.7 Å². The fraction of sp³-hybridized carbons (Fsp3) is 1.00. The minimum Gasteiger partial charge on any atom is -0.310 e. The summed E-state index contributed by atoms with van der Waals surface area (Å²) in [7, 11) is 0. The van der Waals surface area contributed by atoms with E-state index < -0.39 is 0 Å². The van der Waals surface area contributed by atoms with Crippen molar-refractivity contribution in [3.63, 3.8) is 0 Å². The molecule has 0 aromatic heterocycles. The van der Waals surface area contributed by atoms with Gasteiger partial charge in [0.2, 0.25) is 0 Å². The summed E-state index contributed by atoms with van der Waals surface area (Å²) >= 11 is 0. The van der Waals surface area contributed by atoms with E-state index in [1.54, 1.807) is 0 Å². The SMILES string of the molecule is C[C@H](NC1CCN2CCCC12)C1CCCCCC1. The minimum absolute atomic E-state index is 0.744. The fourth-order valence-corrected chi connectivity index (χ4v) is 4.56. The van der Waals surface area contributed by atoms with Crippen molar-refractivity contribution in [1.82, 2.24) is 10.2 Å². The Labute approximate surface area is 113 Å². The molecule has 0 radical (unpaired) electrons. The lowest BCUT2D eigenvalue weighted by Gasteiger charge is -2.30. The number of hydrogen-bond acceptors (Lipinski definition) is 2. The van der Waals surface area contributed by atoms with Gasteiger partial charge in [0.05, 0.1) is 0 Å². The summed E-state index contributed by atoms with van der Waals surface area (Å²) in [6.07, 6.45) is 13.1. The standard InChI is InChI=1S/C16H30N2/c1-13(14-7-4-2-3-5-8-14)17-15-10-12-18-11-6-9-16(15)18/h13-17H,2-12H2,1H3/t13-,15?,16?/m0/s1. The van der Waals surface area contributed by atoms with Gasteiger partial charge in [-0.05, 0) is 51.5 Å². The van der Waals surface area contributed by atoms with Gasteiger partial charge in [-0.3, -0.25) is 4.90 Å². The van der Waals surface area contributed by atoms with Gasteiger partial charge in [-0.25, -0.2) is 0 Å². The molecule has 0 amide bonds. The molecule has 3 fully saturated rings. The van der Waals surface area contributed by atoms with Gasteiger partial charge < -0.3 is 5.32 Å². The van der Waals surface area contributed by atoms with Gasteiger partial charge in [0.1, 0.15) is 0 Å². The van der Waals surface area contributed by atoms with E-state index in [1.807, 2.05) is 0 Å². The third-order valence-electron chi connectivity index (χ3n) is 5.69. The van der Waals surface area contributed by atoms with Crippen LogP contribution in [0.2, 0.25) is 0 Å². The van der Waals surface area contributed by atoms with E-state index in [1.165, 1.54) is 70.9 Å². The summed E-state index contributed by atoms with van der Waals surface area (Å²) in [6.45, 7) is 5.16. The summed E-state index contributed by atoms with van der Waals surface area (Å²) in [5.41, 5.74) is 0. The zero-order valence-corrected chi connectivity index (χ0v) is 12.0. The average Bonchev–Trinajstić information content (AvgIpc) is 2.85. The lowest BCUT2D eigenvalue weighted by atomic mass is 9.91. The average molecular weight is 250 g/mol. The van der Waals surface area contributed by atoms with Crippen LogP contribution in [0.5, 0.6) is 0 Å². The zero-order chi connectivity index (χ0) is 12.4. The summed E-state index contributed by atoms with van der Waals surface area (Å²) in [6, 6.07) is 2.41. The maximum atomic E-state index is 4.01. The van der Waals surface area contributed by atoms with E-state index in [9.17, 15) is 0 Å². The highest BCUT2D eigenvalue weighted by molar-refractivity contribution is 4.97. The smallest absolute Gasteiger partial charge is 0.0250 e. The first-order chi connectivity index (χ1) is 8.84. The Morgan fingerprint density at radius 1 is 0.889 bits per heavy atom. The highest BCUT2D eigenvalue weighted by Gasteiger charge is 2.38. The van der Waals surface area contributed by atoms with E-state index in [-0.39, 0.29) is 0 Å². The molecule has 3 atom stereocenters. The third-order valence-corrected chi connectivity index (χ3v) is 5.69. The van der Waals surface area contributed by atoms with E-state index in [0.29, 0.717) is 0 Å². The molecule has 0 bridgehead atoms. The Morgan fingerprint density at radius 3 is 2.44 bits per heavy atom. The third kappa shape index (κ3) is 2.75. The molecular formula is C16H30N2. The molecule has 2 unspecified atom stereocenters. The second-order valence-electron chi connectivity index (χ2n) is 6.85. The van der Waals surface area contributed by atoms with Crippen LogP contribution < -0.4 is 5.32 Å². The van der Waals surface area contributed by atoms with Crippen molar-refractivity contribution in [2.75, 3.05) is 13.1 Å². The maximum Gasteiger partial charge on any atom is 0.0250 e. The van der Waals surface area contributed by atoms with Crippen molar-refractivity contribution < 1.29 is 0 Å². The Bertz CT molecular complexity index is 258. The van der Waals surface area contributed by atoms with E-state index in [0.717, 1.165) is 24.0 Å². The van der Waals surface area contributed by atoms with Gasteiger partial charge in [-0.2, -0.15) is 0 Å². The molecule has 2 heteroatoms. The molecule has 3 aliphatic rings. The number of nitrogens with zero attached hydrogens (tertiary/aromatic N) is 1. The summed E-state index contributed by atoms with van der Waals surface area (Å²) in [5, 5.41) is 4.01. The molecule has 104 valence electrons. The molecule has 1 aliphatic carbocycles. The van der Waals surface area contributed by atoms with Crippen molar-refractivity contribution in [2.45, 2.75) is 82.8 Å². The van der Waals surface area contributed by atoms with Crippen molar-refractivity contribution in [2.24, 2.45) is 5.92 Å². The van der Waals surface area contributed by atoms with Crippen LogP contribution in [0.1, 0.15) is 64.7 Å². The highest BCUT2D eigenvalue weighted by atomic mass is 15.2. The van der Waals surface area contributed by atoms with Gasteiger partial charge in [-0.15, -0.1) is 0 Å². The zero-order valence-electron chi connectivity index (χ0n) is 12.0. The van der Waals surface area contributed by atoms with Crippen LogP contribution in [0.3, 0.4) is 0 Å². The van der Waals surface area contributed by atoms with Crippen LogP contribution >= 0.6 is 0 Å². The molecule has 0 aromatic rings. The van der Waals surface area contributed by atoms with Gasteiger partial charge >= 0.3 is 0 Å². The molecular weight excluding hydrogens is 220 g/mol. The number of fused-ring (bicyclic) bond motifs is 1. The topological polar surface area (TPSA) is 15.3 Å². The van der Waals surface area contributed by atoms with Crippen molar-refractivity contribution >= 4 is 0 Å². The van der Waals surface area contributed by atoms with Crippen molar-refractivity contribution in [1.29, 1.82) is 0 Å². The van der Waals surface area contributed by atoms with Crippen LogP contribution in [0.15, 0.2) is 0 Å². The second kappa shape index (κ2) is 5.92. The van der Waals surface area contributed by atoms with E-state index in [2.05, 4.69) is 17.1 Å². The number of nitrogens with one attached hydrogen (secondary N) is 1. The Hall–Kier alpha value is -0.0800. The molecule has 2 aliphatic heterocycles. The molecule has 0 aromatic carbocycles. The molecule has 2 saturated heterocycles. The maximum absolute atomic E-state index is 4.01. The lowest BCUT2D eigenvalue weighted by molar-refractivity contribution is 0.260. The van der Waals surface area contributed by atoms with Crippen LogP contribution in [0, 0.1) is 5.92 Å². The predicted molar refractivity (Wildman–Crippen MR) is 76.8 cm³/mol. The molecule has 1 saturated carbocycles. The Morgan fingerprint density at radius 2 is 1.67 bits per heavy atom. The summed E-state index contributed by atoms with van der Waals surface area (Å²) in [4.78, 5) is 2.72. The highest BCUT2D eigenvalue weighted by Crippen LogP contribution is 2.30. The first-order valence-corrected chi connectivity index (χ1v) is 8.35. The number of hydrogen-bond donors (Lipinski definition) is 1. The van der Waals surface area contributed by atoms with Crippen molar-refractivity contribution in [3.05, 3.63) is 0 Å². The molecule has 2 heterocycles. The van der Waals surface area contributed by atoms with Crippen LogP contribution in [-0.4, -0.2) is 36.1 Å². The van der Waals surface area contributed by atoms with Gasteiger partial charge in [0.15, 0.2) is 0 Å². The Kier molecular flexibility index (Phi) is 4.25. The quantitative estimate of drug-likeness (QED) is 0.774. The fourth-order valence-electron chi connectivity index (χ4n) is 4.56. The summed E-state index contributed by atoms with van der Waals surface area (Å²) < 4.78 is 0. The van der Waals surface area contributed by atoms with Crippen LogP contribution in [-0.2, 0) is 0 Å². The largest absolute Gasteiger partial charge is 0.310 e. The molecule has 18 heavy (non-hydrogen) atoms. The van der Waals surface area contributed by atoms with E-state index >= 15 is 0 Å². The van der Waals surface area contributed by atoms with Crippen molar-refractivity contribution in [3.8, 4) is 0 Å². The van der Waals surface area contributed by atoms with Crippen LogP contribution in [0.25, 0.3) is 0 Å². The van der Waals surface area contributed by atoms with Crippen LogP contribution in [0.4, 0.5) is 0 Å². The second-order valence-corrected chi connectivity index (χ2v) is 6.85. The normalized spacial score (nSPS) is 36.5. The monoisotopic (exact) mass is 250 g/mol. The summed E-state index contributed by atoms with van der Waals surface area (Å²) in [5.74, 6) is 0.947. The molecule has 1 N–H and O–H groups in total. The lowest BCUT2D eigenvalue weighted by Crippen LogP contribution is -2.46. The minimum atomic E-state index is 0.744. The first kappa shape index (κ1) is 12.9. The van der Waals surface area contributed by atoms with Gasteiger partial charge in [0.25, 0.3) is 0 Å². The van der Waals surface area contributed by atoms with Gasteiger partial charge in [-0.1, -0.05) is 25.7 Å². The molecule has 2 nitrogen and oxygen atoms in total. The Balaban J connectivity index is 1.52. The molecule has 0 spiro atoms.